The van der Waals surface area contributed by atoms with Crippen molar-refractivity contribution < 1.29 is 80.2 Å². The minimum absolute atomic E-state index is 0.102. The van der Waals surface area contributed by atoms with E-state index in [1.807, 2.05) is 0 Å². The zero-order chi connectivity index (χ0) is 60.3. The summed E-state index contributed by atoms with van der Waals surface area (Å²) in [5.74, 6) is 0.0716. The summed E-state index contributed by atoms with van der Waals surface area (Å²) in [4.78, 5) is 72.0. The molecule has 0 spiro atoms. The molecule has 0 saturated carbocycles. The molecule has 0 aromatic carbocycles. The number of phosphoric acid groups is 2. The van der Waals surface area contributed by atoms with Crippen LogP contribution in [0.4, 0.5) is 0 Å². The summed E-state index contributed by atoms with van der Waals surface area (Å²) in [5, 5.41) is 10.5. The standard InChI is InChI=1S/C62H120O17P2/c1-8-11-12-13-14-21-29-36-43-59(64)72-50-58(79-62(67)46-39-32-25-24-28-35-42-55(7)10-3)52-77-81(70,71)75-48-56(63)47-74-80(68,69)76-51-57(49-73-60(65)44-37-30-22-17-15-19-26-33-40-53(4)5)78-61(66)45-38-31-23-18-16-20-27-34-41-54(6)9-2/h53-58,63H,8-52H2,1-7H3,(H,68,69)(H,70,71)/t54?,55?,56-,57-,58-/m1/s1. The SMILES string of the molecule is CCCCCCCCCCC(=O)OC[C@H](COP(=O)(O)OC[C@H](O)COP(=O)(O)OC[C@@H](COC(=O)CCCCCCCCCCC(C)C)OC(=O)CCCCCCCCCCC(C)CC)OC(=O)CCCCCCCCC(C)CC. The van der Waals surface area contributed by atoms with Crippen molar-refractivity contribution in [2.75, 3.05) is 39.6 Å². The lowest BCUT2D eigenvalue weighted by Gasteiger charge is -2.21. The highest BCUT2D eigenvalue weighted by Crippen LogP contribution is 2.45. The number of hydrogen-bond acceptors (Lipinski definition) is 15. The molecule has 0 aromatic heterocycles. The van der Waals surface area contributed by atoms with Crippen LogP contribution in [0.3, 0.4) is 0 Å². The summed E-state index contributed by atoms with van der Waals surface area (Å²) in [6, 6.07) is 0. The van der Waals surface area contributed by atoms with Crippen LogP contribution in [0.2, 0.25) is 0 Å². The molecule has 0 heterocycles. The monoisotopic (exact) mass is 1200 g/mol. The van der Waals surface area contributed by atoms with Crippen molar-refractivity contribution in [3.05, 3.63) is 0 Å². The quantitative estimate of drug-likeness (QED) is 0.0222. The zero-order valence-electron chi connectivity index (χ0n) is 52.2. The van der Waals surface area contributed by atoms with Crippen molar-refractivity contribution in [2.45, 2.75) is 317 Å². The second-order valence-corrected chi connectivity index (χ2v) is 26.3. The van der Waals surface area contributed by atoms with Crippen molar-refractivity contribution in [1.29, 1.82) is 0 Å². The highest BCUT2D eigenvalue weighted by Gasteiger charge is 2.30. The van der Waals surface area contributed by atoms with Gasteiger partial charge in [0.15, 0.2) is 12.2 Å². The molecule has 0 radical (unpaired) electrons. The highest BCUT2D eigenvalue weighted by atomic mass is 31.2. The van der Waals surface area contributed by atoms with Gasteiger partial charge in [0, 0.05) is 25.7 Å². The molecule has 0 amide bonds. The smallest absolute Gasteiger partial charge is 0.462 e. The molecular weight excluding hydrogens is 1080 g/mol. The molecule has 17 nitrogen and oxygen atoms in total. The fourth-order valence-corrected chi connectivity index (χ4v) is 10.6. The fourth-order valence-electron chi connectivity index (χ4n) is 9.06. The van der Waals surface area contributed by atoms with Gasteiger partial charge in [-0.15, -0.1) is 0 Å². The van der Waals surface area contributed by atoms with E-state index >= 15 is 0 Å². The van der Waals surface area contributed by atoms with Gasteiger partial charge in [-0.25, -0.2) is 9.13 Å². The predicted octanol–water partition coefficient (Wildman–Crippen LogP) is 16.7. The molecule has 0 saturated heterocycles. The highest BCUT2D eigenvalue weighted by molar-refractivity contribution is 7.47. The maximum absolute atomic E-state index is 13.0. The molecule has 7 atom stereocenters. The zero-order valence-corrected chi connectivity index (χ0v) is 54.0. The van der Waals surface area contributed by atoms with Crippen LogP contribution in [0.25, 0.3) is 0 Å². The van der Waals surface area contributed by atoms with Crippen LogP contribution in [0, 0.1) is 17.8 Å². The first-order valence-corrected chi connectivity index (χ1v) is 35.4. The second-order valence-electron chi connectivity index (χ2n) is 23.4. The molecule has 0 bridgehead atoms. The molecule has 0 aromatic rings. The Hall–Kier alpha value is -1.94. The maximum atomic E-state index is 13.0. The third kappa shape index (κ3) is 54.5. The molecule has 0 aliphatic rings. The Morgan fingerprint density at radius 2 is 0.630 bits per heavy atom. The number of aliphatic hydroxyl groups excluding tert-OH is 1. The normalized spacial score (nSPS) is 15.1. The van der Waals surface area contributed by atoms with E-state index in [2.05, 4.69) is 48.5 Å². The van der Waals surface area contributed by atoms with E-state index in [1.165, 1.54) is 103 Å². The lowest BCUT2D eigenvalue weighted by Crippen LogP contribution is -2.30. The number of ether oxygens (including phenoxy) is 4. The van der Waals surface area contributed by atoms with E-state index in [9.17, 15) is 43.2 Å². The number of hydrogen-bond donors (Lipinski definition) is 3. The number of rotatable bonds is 60. The van der Waals surface area contributed by atoms with E-state index in [1.54, 1.807) is 0 Å². The summed E-state index contributed by atoms with van der Waals surface area (Å²) < 4.78 is 67.9. The number of esters is 4. The topological polar surface area (TPSA) is 237 Å². The predicted molar refractivity (Wildman–Crippen MR) is 321 cm³/mol. The van der Waals surface area contributed by atoms with Crippen molar-refractivity contribution in [2.24, 2.45) is 17.8 Å². The lowest BCUT2D eigenvalue weighted by atomic mass is 9.99. The molecule has 0 fully saturated rings. The Kier molecular flexibility index (Phi) is 52.2. The minimum Gasteiger partial charge on any atom is -0.462 e. The van der Waals surface area contributed by atoms with Gasteiger partial charge in [0.1, 0.15) is 19.3 Å². The average Bonchev–Trinajstić information content (AvgIpc) is 3.43. The first kappa shape index (κ1) is 79.1. The van der Waals surface area contributed by atoms with Gasteiger partial charge in [-0.1, -0.05) is 248 Å². The number of carbonyl (C=O) groups excluding carboxylic acids is 4. The summed E-state index contributed by atoms with van der Waals surface area (Å²) in [6.07, 6.45) is 33.5. The van der Waals surface area contributed by atoms with Gasteiger partial charge < -0.3 is 33.8 Å². The number of aliphatic hydroxyl groups is 1. The van der Waals surface area contributed by atoms with Crippen LogP contribution < -0.4 is 0 Å². The average molecular weight is 1200 g/mol. The summed E-state index contributed by atoms with van der Waals surface area (Å²) in [6.45, 7) is 11.7. The van der Waals surface area contributed by atoms with Gasteiger partial charge >= 0.3 is 39.5 Å². The Bertz CT molecular complexity index is 1620. The third-order valence-electron chi connectivity index (χ3n) is 14.9. The van der Waals surface area contributed by atoms with Gasteiger partial charge in [-0.05, 0) is 43.4 Å². The molecule has 0 rings (SSSR count). The molecular formula is C62H120O17P2. The first-order valence-electron chi connectivity index (χ1n) is 32.4. The van der Waals surface area contributed by atoms with Crippen molar-refractivity contribution >= 4 is 39.5 Å². The van der Waals surface area contributed by atoms with E-state index < -0.39 is 97.5 Å². The van der Waals surface area contributed by atoms with Crippen LogP contribution in [-0.4, -0.2) is 96.7 Å². The summed E-state index contributed by atoms with van der Waals surface area (Å²) in [7, 11) is -9.88. The largest absolute Gasteiger partial charge is 0.472 e. The number of carbonyl (C=O) groups is 4. The molecule has 81 heavy (non-hydrogen) atoms. The molecule has 0 aliphatic carbocycles. The van der Waals surface area contributed by atoms with Crippen molar-refractivity contribution in [1.82, 2.24) is 0 Å². The van der Waals surface area contributed by atoms with E-state index in [4.69, 9.17) is 37.0 Å². The van der Waals surface area contributed by atoms with E-state index in [-0.39, 0.29) is 25.7 Å². The Labute approximate surface area is 492 Å². The van der Waals surface area contributed by atoms with Crippen LogP contribution in [-0.2, 0) is 65.4 Å². The Morgan fingerprint density at radius 3 is 0.938 bits per heavy atom. The second kappa shape index (κ2) is 53.5. The fraction of sp³-hybridized carbons (Fsp3) is 0.935. The maximum Gasteiger partial charge on any atom is 0.472 e. The van der Waals surface area contributed by atoms with Gasteiger partial charge in [0.25, 0.3) is 0 Å². The Balaban J connectivity index is 5.25. The molecule has 19 heteroatoms. The van der Waals surface area contributed by atoms with Crippen LogP contribution in [0.15, 0.2) is 0 Å². The minimum atomic E-state index is -4.94. The lowest BCUT2D eigenvalue weighted by molar-refractivity contribution is -0.161. The van der Waals surface area contributed by atoms with Crippen LogP contribution in [0.1, 0.15) is 299 Å². The molecule has 0 aliphatic heterocycles. The molecule has 3 N–H and O–H groups in total. The third-order valence-corrected chi connectivity index (χ3v) is 16.8. The summed E-state index contributed by atoms with van der Waals surface area (Å²) in [5.41, 5.74) is 0. The number of phosphoric ester groups is 2. The molecule has 4 unspecified atom stereocenters. The Morgan fingerprint density at radius 1 is 0.358 bits per heavy atom. The van der Waals surface area contributed by atoms with E-state index in [0.29, 0.717) is 25.7 Å². The van der Waals surface area contributed by atoms with Gasteiger partial charge in [-0.2, -0.15) is 0 Å². The van der Waals surface area contributed by atoms with Crippen molar-refractivity contribution in [3.63, 3.8) is 0 Å². The van der Waals surface area contributed by atoms with E-state index in [0.717, 1.165) is 114 Å². The van der Waals surface area contributed by atoms with Crippen molar-refractivity contribution in [3.8, 4) is 0 Å². The molecule has 480 valence electrons. The van der Waals surface area contributed by atoms with Gasteiger partial charge in [0.2, 0.25) is 0 Å². The van der Waals surface area contributed by atoms with Crippen LogP contribution >= 0.6 is 15.6 Å². The van der Waals surface area contributed by atoms with Crippen LogP contribution in [0.5, 0.6) is 0 Å². The van der Waals surface area contributed by atoms with Gasteiger partial charge in [0.05, 0.1) is 26.4 Å². The number of unbranched alkanes of at least 4 members (excludes halogenated alkanes) is 26. The summed E-state index contributed by atoms with van der Waals surface area (Å²) >= 11 is 0. The van der Waals surface area contributed by atoms with Gasteiger partial charge in [-0.3, -0.25) is 37.3 Å². The first-order chi connectivity index (χ1) is 38.8.